The second-order valence-corrected chi connectivity index (χ2v) is 4.29. The molecule has 1 nitrogen and oxygen atoms in total. The number of allylic oxidation sites excluding steroid dienone is 1. The SMILES string of the molecule is C1=C(C2CC2)NCC1c1ccccc1. The molecule has 1 unspecified atom stereocenters. The van der Waals surface area contributed by atoms with E-state index in [0.29, 0.717) is 5.92 Å². The zero-order chi connectivity index (χ0) is 9.38. The van der Waals surface area contributed by atoms with E-state index in [1.807, 2.05) is 0 Å². The summed E-state index contributed by atoms with van der Waals surface area (Å²) in [5, 5.41) is 3.53. The number of hydrogen-bond donors (Lipinski definition) is 1. The molecule has 1 heteroatoms. The first-order chi connectivity index (χ1) is 6.93. The molecule has 0 saturated heterocycles. The van der Waals surface area contributed by atoms with E-state index in [4.69, 9.17) is 0 Å². The second-order valence-electron chi connectivity index (χ2n) is 4.29. The molecule has 1 aromatic carbocycles. The minimum absolute atomic E-state index is 0.604. The molecular weight excluding hydrogens is 170 g/mol. The highest BCUT2D eigenvalue weighted by atomic mass is 14.9. The molecule has 1 aliphatic carbocycles. The maximum atomic E-state index is 3.53. The first-order valence-corrected chi connectivity index (χ1v) is 5.44. The van der Waals surface area contributed by atoms with Gasteiger partial charge in [-0.25, -0.2) is 0 Å². The molecular formula is C13H15N. The maximum Gasteiger partial charge on any atom is 0.0248 e. The molecule has 0 spiro atoms. The lowest BCUT2D eigenvalue weighted by molar-refractivity contribution is 0.763. The Morgan fingerprint density at radius 1 is 1.07 bits per heavy atom. The summed E-state index contributed by atoms with van der Waals surface area (Å²) in [6.45, 7) is 1.09. The highest BCUT2D eigenvalue weighted by Crippen LogP contribution is 2.38. The topological polar surface area (TPSA) is 12.0 Å². The predicted octanol–water partition coefficient (Wildman–Crippen LogP) is 2.67. The van der Waals surface area contributed by atoms with Gasteiger partial charge in [0.05, 0.1) is 0 Å². The van der Waals surface area contributed by atoms with E-state index in [0.717, 1.165) is 12.5 Å². The molecule has 1 fully saturated rings. The van der Waals surface area contributed by atoms with Crippen molar-refractivity contribution in [2.75, 3.05) is 6.54 Å². The van der Waals surface area contributed by atoms with Gasteiger partial charge in [0.25, 0.3) is 0 Å². The van der Waals surface area contributed by atoms with Gasteiger partial charge in [0.15, 0.2) is 0 Å². The van der Waals surface area contributed by atoms with Gasteiger partial charge in [0.2, 0.25) is 0 Å². The lowest BCUT2D eigenvalue weighted by Gasteiger charge is -2.05. The molecule has 3 rings (SSSR count). The molecule has 14 heavy (non-hydrogen) atoms. The van der Waals surface area contributed by atoms with Crippen molar-refractivity contribution in [3.05, 3.63) is 47.7 Å². The fourth-order valence-corrected chi connectivity index (χ4v) is 2.15. The van der Waals surface area contributed by atoms with E-state index in [9.17, 15) is 0 Å². The van der Waals surface area contributed by atoms with E-state index in [1.54, 1.807) is 0 Å². The van der Waals surface area contributed by atoms with Crippen molar-refractivity contribution in [2.45, 2.75) is 18.8 Å². The Morgan fingerprint density at radius 2 is 1.86 bits per heavy atom. The van der Waals surface area contributed by atoms with Crippen LogP contribution in [-0.2, 0) is 0 Å². The monoisotopic (exact) mass is 185 g/mol. The van der Waals surface area contributed by atoms with Crippen LogP contribution < -0.4 is 5.32 Å². The van der Waals surface area contributed by atoms with Crippen LogP contribution in [0.25, 0.3) is 0 Å². The fraction of sp³-hybridized carbons (Fsp3) is 0.385. The average molecular weight is 185 g/mol. The molecule has 0 radical (unpaired) electrons. The summed E-state index contributed by atoms with van der Waals surface area (Å²) in [4.78, 5) is 0. The fourth-order valence-electron chi connectivity index (χ4n) is 2.15. The molecule has 1 atom stereocenters. The van der Waals surface area contributed by atoms with Gasteiger partial charge in [0.1, 0.15) is 0 Å². The van der Waals surface area contributed by atoms with Crippen molar-refractivity contribution in [2.24, 2.45) is 5.92 Å². The first-order valence-electron chi connectivity index (χ1n) is 5.44. The molecule has 1 saturated carbocycles. The van der Waals surface area contributed by atoms with Crippen LogP contribution in [0.4, 0.5) is 0 Å². The molecule has 72 valence electrons. The van der Waals surface area contributed by atoms with E-state index >= 15 is 0 Å². The van der Waals surface area contributed by atoms with Crippen molar-refractivity contribution in [1.29, 1.82) is 0 Å². The molecule has 1 aliphatic heterocycles. The quantitative estimate of drug-likeness (QED) is 0.747. The Balaban J connectivity index is 1.81. The molecule has 1 N–H and O–H groups in total. The zero-order valence-corrected chi connectivity index (χ0v) is 8.24. The van der Waals surface area contributed by atoms with Gasteiger partial charge in [-0.05, 0) is 24.3 Å². The molecule has 0 bridgehead atoms. The number of rotatable bonds is 2. The summed E-state index contributed by atoms with van der Waals surface area (Å²) in [5.41, 5.74) is 2.94. The minimum atomic E-state index is 0.604. The summed E-state index contributed by atoms with van der Waals surface area (Å²) in [7, 11) is 0. The Morgan fingerprint density at radius 3 is 2.57 bits per heavy atom. The average Bonchev–Trinajstić information content (AvgIpc) is 2.98. The maximum absolute atomic E-state index is 3.53. The molecule has 1 aromatic rings. The van der Waals surface area contributed by atoms with Crippen LogP contribution >= 0.6 is 0 Å². The Labute approximate surface area is 84.8 Å². The molecule has 0 aromatic heterocycles. The van der Waals surface area contributed by atoms with Crippen molar-refractivity contribution in [1.82, 2.24) is 5.32 Å². The summed E-state index contributed by atoms with van der Waals surface area (Å²) in [6.07, 6.45) is 5.20. The highest BCUT2D eigenvalue weighted by molar-refractivity contribution is 5.30. The van der Waals surface area contributed by atoms with Gasteiger partial charge in [-0.2, -0.15) is 0 Å². The van der Waals surface area contributed by atoms with Gasteiger partial charge in [-0.1, -0.05) is 36.4 Å². The molecule has 2 aliphatic rings. The van der Waals surface area contributed by atoms with Crippen molar-refractivity contribution >= 4 is 0 Å². The number of benzene rings is 1. The summed E-state index contributed by atoms with van der Waals surface area (Å²) < 4.78 is 0. The van der Waals surface area contributed by atoms with Gasteiger partial charge in [-0.15, -0.1) is 0 Å². The van der Waals surface area contributed by atoms with Crippen molar-refractivity contribution < 1.29 is 0 Å². The molecule has 0 amide bonds. The van der Waals surface area contributed by atoms with Crippen LogP contribution in [0.5, 0.6) is 0 Å². The Hall–Kier alpha value is -1.24. The van der Waals surface area contributed by atoms with Gasteiger partial charge in [-0.3, -0.25) is 0 Å². The predicted molar refractivity (Wildman–Crippen MR) is 58.0 cm³/mol. The lowest BCUT2D eigenvalue weighted by Crippen LogP contribution is -2.11. The third kappa shape index (κ3) is 1.43. The second kappa shape index (κ2) is 3.16. The van der Waals surface area contributed by atoms with Crippen LogP contribution in [0.15, 0.2) is 42.1 Å². The van der Waals surface area contributed by atoms with Gasteiger partial charge in [0, 0.05) is 18.2 Å². The summed E-state index contributed by atoms with van der Waals surface area (Å²) >= 11 is 0. The summed E-state index contributed by atoms with van der Waals surface area (Å²) in [5.74, 6) is 1.47. The first kappa shape index (κ1) is 8.10. The molecule has 1 heterocycles. The third-order valence-electron chi connectivity index (χ3n) is 3.15. The van der Waals surface area contributed by atoms with Crippen LogP contribution in [0.1, 0.15) is 24.3 Å². The van der Waals surface area contributed by atoms with Crippen molar-refractivity contribution in [3.63, 3.8) is 0 Å². The highest BCUT2D eigenvalue weighted by Gasteiger charge is 2.29. The zero-order valence-electron chi connectivity index (χ0n) is 8.24. The van der Waals surface area contributed by atoms with Crippen LogP contribution in [0, 0.1) is 5.92 Å². The smallest absolute Gasteiger partial charge is 0.0248 e. The van der Waals surface area contributed by atoms with E-state index < -0.39 is 0 Å². The van der Waals surface area contributed by atoms with Crippen LogP contribution in [-0.4, -0.2) is 6.54 Å². The van der Waals surface area contributed by atoms with E-state index in [-0.39, 0.29) is 0 Å². The largest absolute Gasteiger partial charge is 0.387 e. The van der Waals surface area contributed by atoms with E-state index in [2.05, 4.69) is 41.7 Å². The van der Waals surface area contributed by atoms with Gasteiger partial charge < -0.3 is 5.32 Å². The van der Waals surface area contributed by atoms with Gasteiger partial charge >= 0.3 is 0 Å². The van der Waals surface area contributed by atoms with Crippen LogP contribution in [0.2, 0.25) is 0 Å². The number of nitrogens with one attached hydrogen (secondary N) is 1. The lowest BCUT2D eigenvalue weighted by atomic mass is 10.0. The van der Waals surface area contributed by atoms with E-state index in [1.165, 1.54) is 24.1 Å². The normalized spacial score (nSPS) is 25.7. The Kier molecular flexibility index (Phi) is 1.83. The third-order valence-corrected chi connectivity index (χ3v) is 3.15. The van der Waals surface area contributed by atoms with Crippen molar-refractivity contribution in [3.8, 4) is 0 Å². The number of hydrogen-bond acceptors (Lipinski definition) is 1. The van der Waals surface area contributed by atoms with Crippen LogP contribution in [0.3, 0.4) is 0 Å². The standard InChI is InChI=1S/C13H15N/c1-2-4-10(5-3-1)12-8-13(14-9-12)11-6-7-11/h1-5,8,11-12,14H,6-7,9H2. The minimum Gasteiger partial charge on any atom is -0.387 e. The summed E-state index contributed by atoms with van der Waals surface area (Å²) in [6, 6.07) is 10.8. The Bertz CT molecular complexity index is 349.